The van der Waals surface area contributed by atoms with Crippen LogP contribution in [0.4, 0.5) is 5.82 Å². The quantitative estimate of drug-likeness (QED) is 0.611. The minimum absolute atomic E-state index is 0.696. The predicted molar refractivity (Wildman–Crippen MR) is 102 cm³/mol. The van der Waals surface area contributed by atoms with E-state index in [0.29, 0.717) is 5.92 Å². The van der Waals surface area contributed by atoms with Gasteiger partial charge in [-0.2, -0.15) is 0 Å². The molecule has 6 nitrogen and oxygen atoms in total. The molecule has 0 spiro atoms. The Morgan fingerprint density at radius 3 is 2.67 bits per heavy atom. The summed E-state index contributed by atoms with van der Waals surface area (Å²) >= 11 is 0. The van der Waals surface area contributed by atoms with E-state index in [0.717, 1.165) is 57.5 Å². The molecular weight excluding hydrogens is 300 g/mol. The number of aromatic nitrogens is 1. The van der Waals surface area contributed by atoms with Crippen LogP contribution in [-0.4, -0.2) is 62.7 Å². The first-order valence-electron chi connectivity index (χ1n) is 8.91. The zero-order valence-corrected chi connectivity index (χ0v) is 15.5. The zero-order valence-electron chi connectivity index (χ0n) is 15.5. The summed E-state index contributed by atoms with van der Waals surface area (Å²) in [6.45, 7) is 10.4. The lowest BCUT2D eigenvalue weighted by Crippen LogP contribution is -2.44. The van der Waals surface area contributed by atoms with E-state index in [1.807, 2.05) is 13.2 Å². The monoisotopic (exact) mass is 332 g/mol. The molecule has 0 saturated carbocycles. The molecule has 0 unspecified atom stereocenters. The number of pyridine rings is 1. The van der Waals surface area contributed by atoms with Crippen LogP contribution in [0.5, 0.6) is 0 Å². The summed E-state index contributed by atoms with van der Waals surface area (Å²) < 4.78 is 0. The van der Waals surface area contributed by atoms with Crippen LogP contribution in [0.1, 0.15) is 25.8 Å². The van der Waals surface area contributed by atoms with Crippen LogP contribution in [0, 0.1) is 5.92 Å². The average molecular weight is 332 g/mol. The second-order valence-electron chi connectivity index (χ2n) is 6.85. The molecule has 1 aliphatic rings. The number of anilines is 1. The predicted octanol–water partition coefficient (Wildman–Crippen LogP) is 1.54. The van der Waals surface area contributed by atoms with Crippen LogP contribution in [0.15, 0.2) is 23.3 Å². The van der Waals surface area contributed by atoms with Crippen LogP contribution in [0.25, 0.3) is 0 Å². The van der Waals surface area contributed by atoms with E-state index in [1.165, 1.54) is 5.56 Å². The maximum atomic E-state index is 4.54. The number of guanidine groups is 1. The maximum Gasteiger partial charge on any atom is 0.191 e. The molecule has 1 fully saturated rings. The lowest BCUT2D eigenvalue weighted by Gasteiger charge is -2.33. The third-order valence-corrected chi connectivity index (χ3v) is 4.33. The van der Waals surface area contributed by atoms with Crippen molar-refractivity contribution >= 4 is 11.8 Å². The van der Waals surface area contributed by atoms with Crippen molar-refractivity contribution in [3.8, 4) is 0 Å². The van der Waals surface area contributed by atoms with Crippen LogP contribution in [0.3, 0.4) is 0 Å². The number of aliphatic imine (C=N–C) groups is 1. The first-order valence-corrected chi connectivity index (χ1v) is 8.91. The van der Waals surface area contributed by atoms with Gasteiger partial charge in [0.1, 0.15) is 5.82 Å². The molecule has 1 aromatic rings. The SMILES string of the molecule is CN=C(NCCC(C)C)NCc1ccnc(N2CCN(C)CC2)c1. The molecular formula is C18H32N6. The fourth-order valence-corrected chi connectivity index (χ4v) is 2.66. The van der Waals surface area contributed by atoms with Gasteiger partial charge in [-0.3, -0.25) is 4.99 Å². The Morgan fingerprint density at radius 2 is 2.00 bits per heavy atom. The second kappa shape index (κ2) is 9.47. The van der Waals surface area contributed by atoms with Crippen molar-refractivity contribution in [2.45, 2.75) is 26.8 Å². The van der Waals surface area contributed by atoms with E-state index < -0.39 is 0 Å². The fraction of sp³-hybridized carbons (Fsp3) is 0.667. The van der Waals surface area contributed by atoms with Gasteiger partial charge in [0.25, 0.3) is 0 Å². The van der Waals surface area contributed by atoms with Gasteiger partial charge < -0.3 is 20.4 Å². The molecule has 0 atom stereocenters. The summed E-state index contributed by atoms with van der Waals surface area (Å²) in [6, 6.07) is 4.24. The van der Waals surface area contributed by atoms with Gasteiger partial charge in [0.2, 0.25) is 0 Å². The smallest absolute Gasteiger partial charge is 0.191 e. The number of likely N-dealkylation sites (N-methyl/N-ethyl adjacent to an activating group) is 1. The first-order chi connectivity index (χ1) is 11.6. The van der Waals surface area contributed by atoms with Gasteiger partial charge in [-0.1, -0.05) is 13.8 Å². The van der Waals surface area contributed by atoms with E-state index in [9.17, 15) is 0 Å². The van der Waals surface area contributed by atoms with Crippen molar-refractivity contribution < 1.29 is 0 Å². The Labute approximate surface area is 146 Å². The molecule has 1 aliphatic heterocycles. The lowest BCUT2D eigenvalue weighted by molar-refractivity contribution is 0.312. The van der Waals surface area contributed by atoms with Gasteiger partial charge in [-0.05, 0) is 37.1 Å². The van der Waals surface area contributed by atoms with E-state index in [1.54, 1.807) is 0 Å². The number of rotatable bonds is 6. The van der Waals surface area contributed by atoms with Crippen LogP contribution < -0.4 is 15.5 Å². The van der Waals surface area contributed by atoms with Crippen LogP contribution >= 0.6 is 0 Å². The molecule has 6 heteroatoms. The standard InChI is InChI=1S/C18H32N6/c1-15(2)5-7-21-18(19-3)22-14-16-6-8-20-17(13-16)24-11-9-23(4)10-12-24/h6,8,13,15H,5,7,9-12,14H2,1-4H3,(H2,19,21,22). The average Bonchev–Trinajstić information content (AvgIpc) is 2.58. The summed E-state index contributed by atoms with van der Waals surface area (Å²) in [5.41, 5.74) is 1.23. The fourth-order valence-electron chi connectivity index (χ4n) is 2.66. The topological polar surface area (TPSA) is 55.8 Å². The molecule has 0 aromatic carbocycles. The second-order valence-corrected chi connectivity index (χ2v) is 6.85. The van der Waals surface area contributed by atoms with Crippen molar-refractivity contribution in [2.24, 2.45) is 10.9 Å². The zero-order chi connectivity index (χ0) is 17.4. The highest BCUT2D eigenvalue weighted by molar-refractivity contribution is 5.79. The van der Waals surface area contributed by atoms with Crippen LogP contribution in [0.2, 0.25) is 0 Å². The van der Waals surface area contributed by atoms with Crippen molar-refractivity contribution in [3.05, 3.63) is 23.9 Å². The molecule has 0 radical (unpaired) electrons. The summed E-state index contributed by atoms with van der Waals surface area (Å²) in [5.74, 6) is 2.63. The van der Waals surface area contributed by atoms with Crippen molar-refractivity contribution in [1.82, 2.24) is 20.5 Å². The summed E-state index contributed by atoms with van der Waals surface area (Å²) in [6.07, 6.45) is 3.04. The Bertz CT molecular complexity index is 520. The van der Waals surface area contributed by atoms with Gasteiger partial charge >= 0.3 is 0 Å². The van der Waals surface area contributed by atoms with E-state index in [4.69, 9.17) is 0 Å². The Balaban J connectivity index is 1.85. The molecule has 2 N–H and O–H groups in total. The van der Waals surface area contributed by atoms with E-state index in [2.05, 4.69) is 63.4 Å². The third kappa shape index (κ3) is 6.00. The molecule has 134 valence electrons. The van der Waals surface area contributed by atoms with E-state index >= 15 is 0 Å². The van der Waals surface area contributed by atoms with Gasteiger partial charge in [-0.15, -0.1) is 0 Å². The normalized spacial score (nSPS) is 16.5. The van der Waals surface area contributed by atoms with Gasteiger partial charge in [-0.25, -0.2) is 4.98 Å². The largest absolute Gasteiger partial charge is 0.356 e. The molecule has 1 saturated heterocycles. The lowest BCUT2D eigenvalue weighted by atomic mass is 10.1. The van der Waals surface area contributed by atoms with E-state index in [-0.39, 0.29) is 0 Å². The summed E-state index contributed by atoms with van der Waals surface area (Å²) in [5, 5.41) is 6.74. The Morgan fingerprint density at radius 1 is 1.25 bits per heavy atom. The van der Waals surface area contributed by atoms with Gasteiger partial charge in [0, 0.05) is 52.5 Å². The van der Waals surface area contributed by atoms with Crippen molar-refractivity contribution in [3.63, 3.8) is 0 Å². The van der Waals surface area contributed by atoms with Crippen molar-refractivity contribution in [1.29, 1.82) is 0 Å². The molecule has 0 bridgehead atoms. The Hall–Kier alpha value is -1.82. The highest BCUT2D eigenvalue weighted by Crippen LogP contribution is 2.14. The third-order valence-electron chi connectivity index (χ3n) is 4.33. The molecule has 0 amide bonds. The van der Waals surface area contributed by atoms with Crippen LogP contribution in [-0.2, 0) is 6.54 Å². The summed E-state index contributed by atoms with van der Waals surface area (Å²) in [7, 11) is 3.98. The maximum absolute atomic E-state index is 4.54. The molecule has 24 heavy (non-hydrogen) atoms. The number of nitrogens with zero attached hydrogens (tertiary/aromatic N) is 4. The number of nitrogens with one attached hydrogen (secondary N) is 2. The van der Waals surface area contributed by atoms with Gasteiger partial charge in [0.05, 0.1) is 0 Å². The minimum Gasteiger partial charge on any atom is -0.356 e. The molecule has 2 heterocycles. The van der Waals surface area contributed by atoms with Crippen molar-refractivity contribution in [2.75, 3.05) is 51.7 Å². The van der Waals surface area contributed by atoms with Gasteiger partial charge in [0.15, 0.2) is 5.96 Å². The molecule has 2 rings (SSSR count). The summed E-state index contributed by atoms with van der Waals surface area (Å²) in [4.78, 5) is 13.5. The highest BCUT2D eigenvalue weighted by Gasteiger charge is 2.15. The molecule has 0 aliphatic carbocycles. The Kier molecular flexibility index (Phi) is 7.31. The minimum atomic E-state index is 0.696. The number of hydrogen-bond donors (Lipinski definition) is 2. The first kappa shape index (κ1) is 18.5. The highest BCUT2D eigenvalue weighted by atomic mass is 15.3. The number of hydrogen-bond acceptors (Lipinski definition) is 4. The number of piperazine rings is 1. The molecule has 1 aromatic heterocycles.